The average Bonchev–Trinajstić information content (AvgIpc) is 2.36. The molecule has 0 aliphatic carbocycles. The first-order valence-electron chi connectivity index (χ1n) is 6.02. The van der Waals surface area contributed by atoms with Crippen molar-refractivity contribution in [3.05, 3.63) is 34.9 Å². The summed E-state index contributed by atoms with van der Waals surface area (Å²) < 4.78 is 10.4. The predicted molar refractivity (Wildman–Crippen MR) is 77.0 cm³/mol. The maximum Gasteiger partial charge on any atom is 0.162 e. The van der Waals surface area contributed by atoms with E-state index in [2.05, 4.69) is 11.9 Å². The summed E-state index contributed by atoms with van der Waals surface area (Å²) in [6, 6.07) is 3.29. The number of rotatable bonds is 8. The number of ether oxygens (including phenoxy) is 2. The molecule has 0 saturated heterocycles. The summed E-state index contributed by atoms with van der Waals surface area (Å²) in [5, 5.41) is 13.6. The van der Waals surface area contributed by atoms with E-state index in [0.29, 0.717) is 42.6 Å². The fourth-order valence-corrected chi connectivity index (χ4v) is 1.76. The minimum Gasteiger partial charge on any atom is -0.504 e. The van der Waals surface area contributed by atoms with Crippen molar-refractivity contribution in [2.45, 2.75) is 13.5 Å². The summed E-state index contributed by atoms with van der Waals surface area (Å²) in [7, 11) is 1.49. The van der Waals surface area contributed by atoms with Gasteiger partial charge in [-0.05, 0) is 13.0 Å². The van der Waals surface area contributed by atoms with Gasteiger partial charge in [0.2, 0.25) is 0 Å². The van der Waals surface area contributed by atoms with Crippen LogP contribution in [0.1, 0.15) is 12.5 Å². The molecule has 19 heavy (non-hydrogen) atoms. The average molecular weight is 286 g/mol. The molecule has 0 atom stereocenters. The number of hydrogen-bond donors (Lipinski definition) is 2. The zero-order chi connectivity index (χ0) is 14.3. The van der Waals surface area contributed by atoms with Gasteiger partial charge in [-0.2, -0.15) is 0 Å². The van der Waals surface area contributed by atoms with Crippen LogP contribution in [0.5, 0.6) is 11.5 Å². The van der Waals surface area contributed by atoms with Gasteiger partial charge in [0.1, 0.15) is 0 Å². The van der Waals surface area contributed by atoms with Crippen molar-refractivity contribution in [1.29, 1.82) is 0 Å². The van der Waals surface area contributed by atoms with Crippen molar-refractivity contribution in [2.24, 2.45) is 0 Å². The zero-order valence-corrected chi connectivity index (χ0v) is 12.1. The van der Waals surface area contributed by atoms with Crippen molar-refractivity contribution in [2.75, 3.05) is 26.9 Å². The largest absolute Gasteiger partial charge is 0.504 e. The molecule has 0 spiro atoms. The summed E-state index contributed by atoms with van der Waals surface area (Å²) in [6.07, 6.45) is 0. The summed E-state index contributed by atoms with van der Waals surface area (Å²) in [5.41, 5.74) is 1.70. The smallest absolute Gasteiger partial charge is 0.162 e. The monoisotopic (exact) mass is 285 g/mol. The Morgan fingerprint density at radius 1 is 1.47 bits per heavy atom. The van der Waals surface area contributed by atoms with E-state index < -0.39 is 0 Å². The Balaban J connectivity index is 2.41. The maximum absolute atomic E-state index is 9.92. The molecule has 0 unspecified atom stereocenters. The normalized spacial score (nSPS) is 10.5. The van der Waals surface area contributed by atoms with E-state index in [4.69, 9.17) is 21.1 Å². The molecule has 0 fully saturated rings. The van der Waals surface area contributed by atoms with Gasteiger partial charge in [0.25, 0.3) is 0 Å². The molecule has 0 aromatic heterocycles. The van der Waals surface area contributed by atoms with Gasteiger partial charge < -0.3 is 19.9 Å². The molecular formula is C14H20ClNO3. The molecule has 0 amide bonds. The highest BCUT2D eigenvalue weighted by Crippen LogP contribution is 2.33. The lowest BCUT2D eigenvalue weighted by molar-refractivity contribution is 0.157. The number of aromatic hydroxyl groups is 1. The van der Waals surface area contributed by atoms with E-state index in [-0.39, 0.29) is 5.75 Å². The topological polar surface area (TPSA) is 50.7 Å². The van der Waals surface area contributed by atoms with Gasteiger partial charge in [0.05, 0.1) is 20.3 Å². The Morgan fingerprint density at radius 3 is 2.84 bits per heavy atom. The van der Waals surface area contributed by atoms with Crippen molar-refractivity contribution in [1.82, 2.24) is 5.32 Å². The fourth-order valence-electron chi connectivity index (χ4n) is 1.53. The number of benzene rings is 1. The van der Waals surface area contributed by atoms with Crippen molar-refractivity contribution in [3.8, 4) is 11.5 Å². The minimum absolute atomic E-state index is 0.113. The molecule has 4 nitrogen and oxygen atoms in total. The fraction of sp³-hybridized carbons (Fsp3) is 0.429. The molecule has 0 saturated carbocycles. The first kappa shape index (κ1) is 15.8. The Hall–Kier alpha value is -1.23. The van der Waals surface area contributed by atoms with Crippen molar-refractivity contribution >= 4 is 11.6 Å². The number of halogens is 1. The molecule has 0 aliphatic rings. The second-order valence-corrected chi connectivity index (χ2v) is 4.74. The molecule has 0 aliphatic heterocycles. The van der Waals surface area contributed by atoms with Gasteiger partial charge in [0, 0.05) is 29.7 Å². The highest BCUT2D eigenvalue weighted by Gasteiger charge is 2.09. The van der Waals surface area contributed by atoms with E-state index in [9.17, 15) is 5.11 Å². The third-order valence-electron chi connectivity index (χ3n) is 2.43. The first-order valence-corrected chi connectivity index (χ1v) is 6.40. The Kier molecular flexibility index (Phi) is 6.70. The molecule has 106 valence electrons. The molecule has 1 aromatic rings. The summed E-state index contributed by atoms with van der Waals surface area (Å²) in [4.78, 5) is 0. The summed E-state index contributed by atoms with van der Waals surface area (Å²) in [6.45, 7) is 8.01. The van der Waals surface area contributed by atoms with Crippen LogP contribution in [0.4, 0.5) is 0 Å². The second-order valence-electron chi connectivity index (χ2n) is 4.30. The molecule has 2 N–H and O–H groups in total. The van der Waals surface area contributed by atoms with Gasteiger partial charge in [-0.3, -0.25) is 0 Å². The Morgan fingerprint density at radius 2 is 2.21 bits per heavy atom. The molecule has 5 heteroatoms. The van der Waals surface area contributed by atoms with Gasteiger partial charge >= 0.3 is 0 Å². The molecule has 0 heterocycles. The molecular weight excluding hydrogens is 266 g/mol. The van der Waals surface area contributed by atoms with Crippen LogP contribution < -0.4 is 10.1 Å². The van der Waals surface area contributed by atoms with E-state index in [1.54, 1.807) is 12.1 Å². The quantitative estimate of drug-likeness (QED) is 0.570. The molecule has 1 aromatic carbocycles. The van der Waals surface area contributed by atoms with Crippen molar-refractivity contribution in [3.63, 3.8) is 0 Å². The van der Waals surface area contributed by atoms with Crippen LogP contribution in [0.3, 0.4) is 0 Å². The van der Waals surface area contributed by atoms with E-state index in [0.717, 1.165) is 5.57 Å². The van der Waals surface area contributed by atoms with Gasteiger partial charge in [-0.25, -0.2) is 0 Å². The Labute approximate surface area is 119 Å². The van der Waals surface area contributed by atoms with E-state index >= 15 is 0 Å². The standard InChI is InChI=1S/C14H20ClNO3/c1-10(2)9-19-5-4-16-8-11-6-12(15)7-13(18-3)14(11)17/h6-7,16-17H,1,4-5,8-9H2,2-3H3. The van der Waals surface area contributed by atoms with Gasteiger partial charge in [-0.1, -0.05) is 23.8 Å². The number of phenolic OH excluding ortho intramolecular Hbond substituents is 1. The molecule has 0 bridgehead atoms. The lowest BCUT2D eigenvalue weighted by Gasteiger charge is -2.11. The first-order chi connectivity index (χ1) is 9.04. The number of methoxy groups -OCH3 is 1. The van der Waals surface area contributed by atoms with Crippen LogP contribution in [0, 0.1) is 0 Å². The summed E-state index contributed by atoms with van der Waals surface area (Å²) >= 11 is 5.94. The van der Waals surface area contributed by atoms with E-state index in [1.165, 1.54) is 7.11 Å². The van der Waals surface area contributed by atoms with Crippen LogP contribution >= 0.6 is 11.6 Å². The highest BCUT2D eigenvalue weighted by atomic mass is 35.5. The highest BCUT2D eigenvalue weighted by molar-refractivity contribution is 6.30. The van der Waals surface area contributed by atoms with Gasteiger partial charge in [0.15, 0.2) is 11.5 Å². The Bertz CT molecular complexity index is 435. The molecule has 0 radical (unpaired) electrons. The van der Waals surface area contributed by atoms with Crippen LogP contribution in [0.2, 0.25) is 5.02 Å². The lowest BCUT2D eigenvalue weighted by Crippen LogP contribution is -2.19. The zero-order valence-electron chi connectivity index (χ0n) is 11.3. The minimum atomic E-state index is 0.113. The molecule has 1 rings (SSSR count). The van der Waals surface area contributed by atoms with Crippen LogP contribution in [0.25, 0.3) is 0 Å². The van der Waals surface area contributed by atoms with Crippen LogP contribution in [-0.4, -0.2) is 32.0 Å². The third-order valence-corrected chi connectivity index (χ3v) is 2.64. The van der Waals surface area contributed by atoms with E-state index in [1.807, 2.05) is 6.92 Å². The second kappa shape index (κ2) is 8.04. The van der Waals surface area contributed by atoms with Gasteiger partial charge in [-0.15, -0.1) is 0 Å². The summed E-state index contributed by atoms with van der Waals surface area (Å²) in [5.74, 6) is 0.491. The lowest BCUT2D eigenvalue weighted by atomic mass is 10.2. The van der Waals surface area contributed by atoms with Crippen molar-refractivity contribution < 1.29 is 14.6 Å². The number of nitrogens with one attached hydrogen (secondary N) is 1. The predicted octanol–water partition coefficient (Wildman–Crippen LogP) is 2.74. The number of phenols is 1. The number of hydrogen-bond acceptors (Lipinski definition) is 4. The van der Waals surface area contributed by atoms with Crippen LogP contribution in [-0.2, 0) is 11.3 Å². The van der Waals surface area contributed by atoms with Crippen LogP contribution in [0.15, 0.2) is 24.3 Å². The third kappa shape index (κ3) is 5.51. The SMILES string of the molecule is C=C(C)COCCNCc1cc(Cl)cc(OC)c1O. The maximum atomic E-state index is 9.92.